The van der Waals surface area contributed by atoms with Gasteiger partial charge in [0.2, 0.25) is 10.0 Å². The highest BCUT2D eigenvalue weighted by Gasteiger charge is 2.33. The third-order valence-electron chi connectivity index (χ3n) is 5.18. The molecule has 0 aromatic heterocycles. The van der Waals surface area contributed by atoms with Crippen LogP contribution in [0.25, 0.3) is 11.1 Å². The molecule has 2 unspecified atom stereocenters. The molecule has 0 aliphatic carbocycles. The first-order valence-electron chi connectivity index (χ1n) is 9.34. The number of nitrogens with zero attached hydrogens (tertiary/aromatic N) is 1. The van der Waals surface area contributed by atoms with Crippen LogP contribution in [0.3, 0.4) is 0 Å². The highest BCUT2D eigenvalue weighted by Crippen LogP contribution is 2.31. The smallest absolute Gasteiger partial charge is 0.324 e. The number of rotatable bonds is 5. The number of hydrazine groups is 2. The number of carboxylic acid groups (broad SMARTS) is 1. The van der Waals surface area contributed by atoms with E-state index in [1.807, 2.05) is 24.3 Å². The van der Waals surface area contributed by atoms with E-state index >= 15 is 0 Å². The number of carbonyl (C=O) groups is 1. The normalized spacial score (nSPS) is 22.8. The molecule has 2 aromatic rings. The fourth-order valence-electron chi connectivity index (χ4n) is 3.53. The Bertz CT molecular complexity index is 1040. The van der Waals surface area contributed by atoms with E-state index in [1.54, 1.807) is 18.2 Å². The van der Waals surface area contributed by atoms with Gasteiger partial charge in [-0.15, -0.1) is 0 Å². The Morgan fingerprint density at radius 1 is 1.07 bits per heavy atom. The summed E-state index contributed by atoms with van der Waals surface area (Å²) in [6, 6.07) is 10.9. The molecule has 4 N–H and O–H groups in total. The minimum absolute atomic E-state index is 0.0597. The van der Waals surface area contributed by atoms with Crippen molar-refractivity contribution in [2.24, 2.45) is 0 Å². The van der Waals surface area contributed by atoms with Crippen LogP contribution in [-0.4, -0.2) is 56.1 Å². The molecule has 2 aliphatic heterocycles. The number of morpholine rings is 1. The molecule has 0 saturated carbocycles. The molecule has 2 heterocycles. The van der Waals surface area contributed by atoms with Gasteiger partial charge < -0.3 is 9.84 Å². The molecule has 2 aliphatic rings. The first-order valence-corrected chi connectivity index (χ1v) is 11.2. The quantitative estimate of drug-likeness (QED) is 0.533. The Morgan fingerprint density at radius 2 is 1.73 bits per heavy atom. The van der Waals surface area contributed by atoms with Crippen molar-refractivity contribution < 1.29 is 23.1 Å². The summed E-state index contributed by atoms with van der Waals surface area (Å²) in [6.45, 7) is 1.29. The molecular weight excluding hydrogens is 432 g/mol. The number of carboxylic acids is 1. The molecule has 0 amide bonds. The molecule has 30 heavy (non-hydrogen) atoms. The van der Waals surface area contributed by atoms with Crippen LogP contribution in [0.5, 0.6) is 0 Å². The number of sulfonamides is 1. The van der Waals surface area contributed by atoms with Crippen LogP contribution in [0.1, 0.15) is 11.6 Å². The van der Waals surface area contributed by atoms with E-state index in [0.29, 0.717) is 31.9 Å². The number of benzene rings is 2. The van der Waals surface area contributed by atoms with Crippen LogP contribution >= 0.6 is 11.6 Å². The number of ether oxygens (including phenoxy) is 1. The number of aliphatic carboxylic acids is 1. The van der Waals surface area contributed by atoms with Gasteiger partial charge in [-0.1, -0.05) is 41.9 Å². The lowest BCUT2D eigenvalue weighted by Gasteiger charge is -2.26. The molecule has 0 bridgehead atoms. The molecule has 11 heteroatoms. The predicted octanol–water partition coefficient (Wildman–Crippen LogP) is 1.13. The Hall–Kier alpha value is -2.05. The minimum Gasteiger partial charge on any atom is -0.480 e. The molecule has 9 nitrogen and oxygen atoms in total. The average Bonchev–Trinajstić information content (AvgIpc) is 3.25. The van der Waals surface area contributed by atoms with Crippen molar-refractivity contribution in [2.45, 2.75) is 17.0 Å². The van der Waals surface area contributed by atoms with E-state index in [1.165, 1.54) is 4.31 Å². The molecule has 160 valence electrons. The zero-order valence-electron chi connectivity index (χ0n) is 15.8. The maximum Gasteiger partial charge on any atom is 0.324 e. The van der Waals surface area contributed by atoms with Gasteiger partial charge in [0.1, 0.15) is 10.9 Å². The summed E-state index contributed by atoms with van der Waals surface area (Å²) >= 11 is 6.23. The van der Waals surface area contributed by atoms with Crippen molar-refractivity contribution in [1.29, 1.82) is 0 Å². The molecule has 0 spiro atoms. The lowest BCUT2D eigenvalue weighted by Crippen LogP contribution is -2.40. The van der Waals surface area contributed by atoms with E-state index in [2.05, 4.69) is 16.4 Å². The van der Waals surface area contributed by atoms with Crippen LogP contribution in [0.15, 0.2) is 47.4 Å². The Morgan fingerprint density at radius 3 is 2.40 bits per heavy atom. The van der Waals surface area contributed by atoms with Gasteiger partial charge in [-0.05, 0) is 28.8 Å². The van der Waals surface area contributed by atoms with Gasteiger partial charge in [0, 0.05) is 13.1 Å². The highest BCUT2D eigenvalue weighted by molar-refractivity contribution is 7.89. The summed E-state index contributed by atoms with van der Waals surface area (Å²) in [7, 11) is -3.73. The zero-order valence-corrected chi connectivity index (χ0v) is 17.4. The maximum atomic E-state index is 13.0. The Kier molecular flexibility index (Phi) is 6.07. The number of halogens is 1. The van der Waals surface area contributed by atoms with E-state index in [-0.39, 0.29) is 9.92 Å². The van der Waals surface area contributed by atoms with Gasteiger partial charge in [0.25, 0.3) is 0 Å². The largest absolute Gasteiger partial charge is 0.480 e. The standard InChI is InChI=1S/C19H21ClN4O5S/c20-15-6-5-14(11-16(15)30(27,28)24-7-9-29-10-8-24)12-1-3-13(4-2-12)17-18(19(25)26)22-23-21-17/h1-6,11,17-18,21-23H,7-10H2,(H,25,26). The van der Waals surface area contributed by atoms with Gasteiger partial charge in [0.15, 0.2) is 0 Å². The summed E-state index contributed by atoms with van der Waals surface area (Å²) in [6.07, 6.45) is 0. The Balaban J connectivity index is 1.62. The topological polar surface area (TPSA) is 120 Å². The second kappa shape index (κ2) is 8.60. The summed E-state index contributed by atoms with van der Waals surface area (Å²) in [5.41, 5.74) is 10.4. The van der Waals surface area contributed by atoms with Crippen molar-refractivity contribution in [3.8, 4) is 11.1 Å². The second-order valence-electron chi connectivity index (χ2n) is 6.99. The van der Waals surface area contributed by atoms with Crippen molar-refractivity contribution in [2.75, 3.05) is 26.3 Å². The van der Waals surface area contributed by atoms with Crippen molar-refractivity contribution in [3.63, 3.8) is 0 Å². The molecule has 0 radical (unpaired) electrons. The van der Waals surface area contributed by atoms with Gasteiger partial charge in [-0.2, -0.15) is 9.84 Å². The summed E-state index contributed by atoms with van der Waals surface area (Å²) in [5, 5.41) is 9.46. The lowest BCUT2D eigenvalue weighted by atomic mass is 9.97. The molecular formula is C19H21ClN4O5S. The first-order chi connectivity index (χ1) is 14.4. The molecule has 2 aromatic carbocycles. The number of hydrogen-bond acceptors (Lipinski definition) is 7. The lowest BCUT2D eigenvalue weighted by molar-refractivity contribution is -0.139. The molecule has 2 atom stereocenters. The molecule has 4 rings (SSSR count). The van der Waals surface area contributed by atoms with E-state index < -0.39 is 28.1 Å². The van der Waals surface area contributed by atoms with Gasteiger partial charge in [0.05, 0.1) is 24.3 Å². The second-order valence-corrected chi connectivity index (χ2v) is 9.30. The third-order valence-corrected chi connectivity index (χ3v) is 7.56. The number of nitrogens with one attached hydrogen (secondary N) is 3. The maximum absolute atomic E-state index is 13.0. The van der Waals surface area contributed by atoms with Gasteiger partial charge in [-0.3, -0.25) is 4.79 Å². The zero-order chi connectivity index (χ0) is 21.3. The fraction of sp³-hybridized carbons (Fsp3) is 0.316. The van der Waals surface area contributed by atoms with Crippen LogP contribution < -0.4 is 16.4 Å². The summed E-state index contributed by atoms with van der Waals surface area (Å²) in [5.74, 6) is -0.975. The van der Waals surface area contributed by atoms with Crippen LogP contribution in [-0.2, 0) is 19.6 Å². The SMILES string of the molecule is O=C(O)C1NNNC1c1ccc(-c2ccc(Cl)c(S(=O)(=O)N3CCOCC3)c2)cc1. The molecule has 2 fully saturated rings. The van der Waals surface area contributed by atoms with Gasteiger partial charge >= 0.3 is 5.97 Å². The van der Waals surface area contributed by atoms with Crippen molar-refractivity contribution >= 4 is 27.6 Å². The number of hydrogen-bond donors (Lipinski definition) is 4. The monoisotopic (exact) mass is 452 g/mol. The third kappa shape index (κ3) is 4.08. The summed E-state index contributed by atoms with van der Waals surface area (Å²) < 4.78 is 32.7. The van der Waals surface area contributed by atoms with Gasteiger partial charge in [-0.25, -0.2) is 19.3 Å². The van der Waals surface area contributed by atoms with Crippen LogP contribution in [0.4, 0.5) is 0 Å². The molecule has 2 saturated heterocycles. The van der Waals surface area contributed by atoms with Crippen molar-refractivity contribution in [1.82, 2.24) is 20.7 Å². The van der Waals surface area contributed by atoms with Crippen LogP contribution in [0, 0.1) is 0 Å². The van der Waals surface area contributed by atoms with Crippen molar-refractivity contribution in [3.05, 3.63) is 53.1 Å². The van der Waals surface area contributed by atoms with E-state index in [0.717, 1.165) is 11.1 Å². The van der Waals surface area contributed by atoms with E-state index in [9.17, 15) is 18.3 Å². The van der Waals surface area contributed by atoms with Crippen LogP contribution in [0.2, 0.25) is 5.02 Å². The fourth-order valence-corrected chi connectivity index (χ4v) is 5.44. The predicted molar refractivity (Wildman–Crippen MR) is 110 cm³/mol. The first kappa shape index (κ1) is 21.2. The average molecular weight is 453 g/mol. The van der Waals surface area contributed by atoms with E-state index in [4.69, 9.17) is 16.3 Å². The highest BCUT2D eigenvalue weighted by atomic mass is 35.5. The summed E-state index contributed by atoms with van der Waals surface area (Å²) in [4.78, 5) is 11.4. The Labute approximate surface area is 179 Å². The minimum atomic E-state index is -3.73.